The Morgan fingerprint density at radius 2 is 1.67 bits per heavy atom. The van der Waals surface area contributed by atoms with Crippen LogP contribution in [0.3, 0.4) is 0 Å². The van der Waals surface area contributed by atoms with Crippen molar-refractivity contribution in [1.82, 2.24) is 41.2 Å². The zero-order valence-corrected chi connectivity index (χ0v) is 26.8. The highest BCUT2D eigenvalue weighted by molar-refractivity contribution is 7.80. The van der Waals surface area contributed by atoms with Gasteiger partial charge >= 0.3 is 0 Å². The van der Waals surface area contributed by atoms with Crippen LogP contribution in [0, 0.1) is 0 Å². The summed E-state index contributed by atoms with van der Waals surface area (Å²) in [5.74, 6) is -2.80. The molecule has 3 aromatic rings. The summed E-state index contributed by atoms with van der Waals surface area (Å²) < 4.78 is 0. The second kappa shape index (κ2) is 18.5. The number of aldehydes is 3. The Morgan fingerprint density at radius 3 is 2.33 bits per heavy atom. The number of benzene rings is 1. The van der Waals surface area contributed by atoms with Crippen molar-refractivity contribution >= 4 is 77.9 Å². The Kier molecular flexibility index (Phi) is 14.3. The first kappa shape index (κ1) is 37.7. The number of nitrogens with one attached hydrogen (secondary N) is 6. The van der Waals surface area contributed by atoms with E-state index >= 15 is 0 Å². The molecular weight excluding hydrogens is 662 g/mol. The molecule has 10 N–H and O–H groups in total. The largest absolute Gasteiger partial charge is 0.379 e. The predicted octanol–water partition coefficient (Wildman–Crippen LogP) is -2.88. The fraction of sp³-hybridized carbons (Fsp3) is 0.345. The molecule has 0 bridgehead atoms. The zero-order valence-electron chi connectivity index (χ0n) is 25.9. The van der Waals surface area contributed by atoms with Crippen molar-refractivity contribution in [3.8, 4) is 0 Å². The summed E-state index contributed by atoms with van der Waals surface area (Å²) >= 11 is 3.92. The van der Waals surface area contributed by atoms with Gasteiger partial charge in [0.1, 0.15) is 30.9 Å². The molecule has 0 unspecified atom stereocenters. The van der Waals surface area contributed by atoms with Gasteiger partial charge in [0, 0.05) is 36.4 Å². The van der Waals surface area contributed by atoms with E-state index in [9.17, 15) is 38.4 Å². The highest BCUT2D eigenvalue weighted by atomic mass is 32.1. The number of amides is 4. The molecule has 3 rings (SSSR count). The number of rotatable bonds is 19. The third kappa shape index (κ3) is 11.5. The summed E-state index contributed by atoms with van der Waals surface area (Å²) in [5, 5.41) is 12.7. The summed E-state index contributed by atoms with van der Waals surface area (Å²) in [6.07, 6.45) is 2.18. The van der Waals surface area contributed by atoms with Crippen molar-refractivity contribution in [2.75, 3.05) is 23.3 Å². The van der Waals surface area contributed by atoms with E-state index < -0.39 is 53.4 Å². The number of nitrogen functional groups attached to an aromatic ring is 1. The Hall–Kier alpha value is -5.76. The van der Waals surface area contributed by atoms with Gasteiger partial charge in [-0.15, -0.1) is 0 Å². The molecule has 0 aliphatic heterocycles. The number of thiol groups is 1. The third-order valence-electron chi connectivity index (χ3n) is 6.78. The van der Waals surface area contributed by atoms with Crippen molar-refractivity contribution in [3.05, 3.63) is 52.1 Å². The lowest BCUT2D eigenvalue weighted by atomic mass is 10.1. The number of nitrogens with zero attached hydrogens (tertiary/aromatic N) is 3. The first-order chi connectivity index (χ1) is 23.5. The summed E-state index contributed by atoms with van der Waals surface area (Å²) in [4.78, 5) is 110. The number of carbonyl (C=O) groups is 7. The Balaban J connectivity index is 1.43. The van der Waals surface area contributed by atoms with Crippen LogP contribution in [0.1, 0.15) is 35.3 Å². The van der Waals surface area contributed by atoms with Gasteiger partial charge < -0.3 is 52.4 Å². The molecule has 1 aromatic carbocycles. The molecule has 20 heteroatoms. The number of hydrogen-bond donors (Lipinski definition) is 9. The molecule has 0 radical (unpaired) electrons. The van der Waals surface area contributed by atoms with Crippen LogP contribution in [-0.4, -0.2) is 98.9 Å². The van der Waals surface area contributed by atoms with Gasteiger partial charge in [-0.05, 0) is 30.7 Å². The number of carbonyl (C=O) groups excluding carboxylic acids is 7. The number of H-pyrrole nitrogens is 1. The SMILES string of the molecule is Nc1nc2ncc(CNc3ccc(C(=O)N[C@@H](C=O)CCC(=O)NC[C@H](N)C(=O)N[C@@H](CC=O)C(=O)N[C@H](C=O)CS)cc3)nc2c(=O)[nH]1. The minimum atomic E-state index is -1.30. The maximum absolute atomic E-state index is 12.7. The van der Waals surface area contributed by atoms with E-state index in [1.807, 2.05) is 0 Å². The first-order valence-electron chi connectivity index (χ1n) is 14.7. The van der Waals surface area contributed by atoms with Crippen molar-refractivity contribution < 1.29 is 33.6 Å². The van der Waals surface area contributed by atoms with Gasteiger partial charge in [0.15, 0.2) is 11.2 Å². The lowest BCUT2D eigenvalue weighted by Crippen LogP contribution is -2.56. The Morgan fingerprint density at radius 1 is 0.959 bits per heavy atom. The molecule has 4 amide bonds. The summed E-state index contributed by atoms with van der Waals surface area (Å²) in [6, 6.07) is 1.78. The van der Waals surface area contributed by atoms with E-state index in [0.717, 1.165) is 0 Å². The van der Waals surface area contributed by atoms with Crippen LogP contribution in [0.25, 0.3) is 11.2 Å². The van der Waals surface area contributed by atoms with Gasteiger partial charge in [-0.2, -0.15) is 17.6 Å². The molecule has 4 atom stereocenters. The van der Waals surface area contributed by atoms with Crippen LogP contribution in [0.2, 0.25) is 0 Å². The van der Waals surface area contributed by atoms with Crippen LogP contribution in [0.15, 0.2) is 35.3 Å². The molecule has 260 valence electrons. The third-order valence-corrected chi connectivity index (χ3v) is 7.17. The fourth-order valence-corrected chi connectivity index (χ4v) is 4.30. The average molecular weight is 698 g/mol. The Labute approximate surface area is 283 Å². The second-order valence-electron chi connectivity index (χ2n) is 10.5. The molecule has 0 saturated heterocycles. The minimum absolute atomic E-state index is 0.00865. The van der Waals surface area contributed by atoms with Gasteiger partial charge in [-0.25, -0.2) is 9.97 Å². The topological polar surface area (TPSA) is 303 Å². The average Bonchev–Trinajstić information content (AvgIpc) is 3.10. The monoisotopic (exact) mass is 697 g/mol. The fourth-order valence-electron chi connectivity index (χ4n) is 4.12. The molecule has 0 saturated carbocycles. The number of aromatic amines is 1. The van der Waals surface area contributed by atoms with Crippen LogP contribution in [-0.2, 0) is 35.3 Å². The van der Waals surface area contributed by atoms with E-state index in [0.29, 0.717) is 30.2 Å². The highest BCUT2D eigenvalue weighted by Gasteiger charge is 2.25. The van der Waals surface area contributed by atoms with Crippen molar-refractivity contribution in [2.45, 2.75) is 50.0 Å². The van der Waals surface area contributed by atoms with Gasteiger partial charge in [0.05, 0.1) is 30.5 Å². The van der Waals surface area contributed by atoms with Crippen LogP contribution >= 0.6 is 12.6 Å². The van der Waals surface area contributed by atoms with Crippen molar-refractivity contribution in [2.24, 2.45) is 5.73 Å². The number of aromatic nitrogens is 4. The predicted molar refractivity (Wildman–Crippen MR) is 178 cm³/mol. The molecular formula is C29H35N11O8S. The summed E-state index contributed by atoms with van der Waals surface area (Å²) in [5.41, 5.74) is 12.3. The molecule has 0 fully saturated rings. The normalized spacial score (nSPS) is 13.2. The minimum Gasteiger partial charge on any atom is -0.379 e. The van der Waals surface area contributed by atoms with Gasteiger partial charge in [-0.3, -0.25) is 29.0 Å². The number of fused-ring (bicyclic) bond motifs is 1. The lowest BCUT2D eigenvalue weighted by molar-refractivity contribution is -0.131. The van der Waals surface area contributed by atoms with Crippen LogP contribution < -0.4 is 43.6 Å². The maximum atomic E-state index is 12.7. The van der Waals surface area contributed by atoms with E-state index in [-0.39, 0.29) is 60.8 Å². The summed E-state index contributed by atoms with van der Waals surface area (Å²) in [6.45, 7) is -0.120. The molecule has 49 heavy (non-hydrogen) atoms. The van der Waals surface area contributed by atoms with E-state index in [4.69, 9.17) is 11.5 Å². The van der Waals surface area contributed by atoms with Gasteiger partial charge in [0.25, 0.3) is 11.5 Å². The molecule has 2 heterocycles. The smallest absolute Gasteiger partial charge is 0.280 e. The van der Waals surface area contributed by atoms with E-state index in [1.54, 1.807) is 12.1 Å². The van der Waals surface area contributed by atoms with Gasteiger partial charge in [0.2, 0.25) is 23.7 Å². The van der Waals surface area contributed by atoms with Crippen molar-refractivity contribution in [3.63, 3.8) is 0 Å². The number of nitrogens with two attached hydrogens (primary N) is 2. The van der Waals surface area contributed by atoms with Crippen molar-refractivity contribution in [1.29, 1.82) is 0 Å². The molecule has 2 aromatic heterocycles. The quantitative estimate of drug-likeness (QED) is 0.0449. The Bertz CT molecular complexity index is 1740. The zero-order chi connectivity index (χ0) is 35.9. The maximum Gasteiger partial charge on any atom is 0.280 e. The molecule has 0 aliphatic carbocycles. The molecule has 19 nitrogen and oxygen atoms in total. The highest BCUT2D eigenvalue weighted by Crippen LogP contribution is 2.12. The molecule has 0 spiro atoms. The van der Waals surface area contributed by atoms with Crippen LogP contribution in [0.4, 0.5) is 11.6 Å². The number of anilines is 2. The second-order valence-corrected chi connectivity index (χ2v) is 10.8. The standard InChI is InChI=1S/C29H35N11O8S/c30-20(26(46)38-21(7-8-41)27(47)37-19(13-43)14-49)11-33-22(44)6-5-17(12-42)36-25(45)15-1-3-16(4-2-15)32-9-18-10-34-24-23(35-18)28(48)40-29(31)39-24/h1-4,8,10,12-13,17,19-21,32,49H,5-7,9,11,14,30H2,(H,33,44)(H,36,45)(H,37,47)(H,38,46)(H3,31,34,39,40,48)/t17-,19-,20+,21+/m1/s1. The van der Waals surface area contributed by atoms with E-state index in [1.165, 1.54) is 18.3 Å². The molecule has 0 aliphatic rings. The van der Waals surface area contributed by atoms with Crippen LogP contribution in [0.5, 0.6) is 0 Å². The first-order valence-corrected chi connectivity index (χ1v) is 15.4. The lowest BCUT2D eigenvalue weighted by Gasteiger charge is -2.20. The number of hydrogen-bond acceptors (Lipinski definition) is 15. The summed E-state index contributed by atoms with van der Waals surface area (Å²) in [7, 11) is 0. The van der Waals surface area contributed by atoms with E-state index in [2.05, 4.69) is 59.1 Å². The van der Waals surface area contributed by atoms with Gasteiger partial charge in [-0.1, -0.05) is 0 Å².